The Kier molecular flexibility index (Phi) is 4.43. The smallest absolute Gasteiger partial charge is 0.164 e. The van der Waals surface area contributed by atoms with E-state index in [9.17, 15) is 11.0 Å². The van der Waals surface area contributed by atoms with E-state index in [1.807, 2.05) is 42.5 Å². The Morgan fingerprint density at radius 1 is 0.327 bits per heavy atom. The highest BCUT2D eigenvalue weighted by Crippen LogP contribution is 2.38. The highest BCUT2D eigenvalue weighted by atomic mass is 15.0. The molecule has 0 fully saturated rings. The van der Waals surface area contributed by atoms with Crippen LogP contribution in [0.25, 0.3) is 95.0 Å². The van der Waals surface area contributed by atoms with Crippen LogP contribution in [0.5, 0.6) is 0 Å². The largest absolute Gasteiger partial charge is 0.309 e. The third-order valence-electron chi connectivity index (χ3n) is 8.76. The van der Waals surface area contributed by atoms with Crippen molar-refractivity contribution in [3.05, 3.63) is 206 Å². The lowest BCUT2D eigenvalue weighted by Crippen LogP contribution is -2.00. The first-order valence-electron chi connectivity index (χ1n) is 26.9. The maximum Gasteiger partial charge on any atom is 0.164 e. The number of hydrogen-bond donors (Lipinski definition) is 0. The molecule has 4 nitrogen and oxygen atoms in total. The molecule has 258 valence electrons. The molecule has 0 aliphatic heterocycles. The standard InChI is InChI=1S/C51H34N4/c1-5-15-35(16-6-1)38-25-27-40(28-26-38)50-52-49(39-21-11-4-12-22-39)53-51(54-50)41-29-30-46-45-23-13-14-24-47(45)55(48(46)34-41)44-32-42(36-17-7-2-8-18-36)31-43(33-44)37-19-9-3-10-20-37/h1-34H/i2D,3D,7D,8D,9D,10D,13D,14D,17D,18D,19D,20D,23D,24D,29D,30D,31D,32D,33D,34D. The van der Waals surface area contributed by atoms with E-state index in [0.29, 0.717) is 11.1 Å². The topological polar surface area (TPSA) is 43.6 Å². The van der Waals surface area contributed by atoms with Gasteiger partial charge < -0.3 is 4.57 Å². The average molecular weight is 723 g/mol. The predicted octanol–water partition coefficient (Wildman–Crippen LogP) is 13.0. The molecule has 4 heteroatoms. The first-order chi connectivity index (χ1) is 35.6. The maximum atomic E-state index is 10.1. The Bertz CT molecular complexity index is 3960. The molecular weight excluding hydrogens is 669 g/mol. The fourth-order valence-corrected chi connectivity index (χ4v) is 6.19. The number of aromatic nitrogens is 4. The molecular formula is C51H34N4. The summed E-state index contributed by atoms with van der Waals surface area (Å²) >= 11 is 0. The monoisotopic (exact) mass is 722 g/mol. The molecule has 55 heavy (non-hydrogen) atoms. The molecule has 0 bridgehead atoms. The lowest BCUT2D eigenvalue weighted by molar-refractivity contribution is 1.07. The molecule has 0 aliphatic rings. The van der Waals surface area contributed by atoms with Gasteiger partial charge in [0, 0.05) is 33.2 Å². The maximum absolute atomic E-state index is 10.1. The minimum Gasteiger partial charge on any atom is -0.309 e. The van der Waals surface area contributed by atoms with E-state index >= 15 is 0 Å². The number of para-hydroxylation sites is 1. The van der Waals surface area contributed by atoms with Gasteiger partial charge in [-0.1, -0.05) is 176 Å². The van der Waals surface area contributed by atoms with E-state index < -0.39 is 176 Å². The van der Waals surface area contributed by atoms with Crippen molar-refractivity contribution < 1.29 is 27.4 Å². The molecule has 10 aromatic rings. The third kappa shape index (κ3) is 6.16. The van der Waals surface area contributed by atoms with Crippen molar-refractivity contribution >= 4 is 21.8 Å². The minimum atomic E-state index is -0.999. The number of benzene rings is 8. The second-order valence-electron chi connectivity index (χ2n) is 12.1. The average Bonchev–Trinajstić information content (AvgIpc) is 3.77. The van der Waals surface area contributed by atoms with Crippen LogP contribution in [0.1, 0.15) is 27.4 Å². The molecule has 0 atom stereocenters. The van der Waals surface area contributed by atoms with Gasteiger partial charge in [0.25, 0.3) is 0 Å². The van der Waals surface area contributed by atoms with Gasteiger partial charge in [-0.2, -0.15) is 0 Å². The van der Waals surface area contributed by atoms with E-state index in [1.165, 1.54) is 0 Å². The number of hydrogen-bond acceptors (Lipinski definition) is 3. The molecule has 0 spiro atoms. The highest BCUT2D eigenvalue weighted by Gasteiger charge is 2.18. The van der Waals surface area contributed by atoms with E-state index in [-0.39, 0.29) is 17.5 Å². The van der Waals surface area contributed by atoms with Crippen molar-refractivity contribution in [1.29, 1.82) is 0 Å². The number of fused-ring (bicyclic) bond motifs is 3. The fraction of sp³-hybridized carbons (Fsp3) is 0. The molecule has 2 aromatic heterocycles. The van der Waals surface area contributed by atoms with Crippen LogP contribution in [0.2, 0.25) is 0 Å². The summed E-state index contributed by atoms with van der Waals surface area (Å²) in [5, 5.41) is -0.913. The van der Waals surface area contributed by atoms with Crippen molar-refractivity contribution in [1.82, 2.24) is 19.5 Å². The first-order valence-corrected chi connectivity index (χ1v) is 16.9. The molecule has 8 aromatic carbocycles. The van der Waals surface area contributed by atoms with Crippen molar-refractivity contribution in [2.75, 3.05) is 0 Å². The van der Waals surface area contributed by atoms with Gasteiger partial charge in [0.2, 0.25) is 0 Å². The van der Waals surface area contributed by atoms with Crippen LogP contribution in [-0.4, -0.2) is 19.5 Å². The van der Waals surface area contributed by atoms with Gasteiger partial charge in [0.1, 0.15) is 0 Å². The predicted molar refractivity (Wildman–Crippen MR) is 227 cm³/mol. The van der Waals surface area contributed by atoms with Crippen molar-refractivity contribution in [3.63, 3.8) is 0 Å². The molecule has 0 radical (unpaired) electrons. The van der Waals surface area contributed by atoms with Crippen molar-refractivity contribution in [2.45, 2.75) is 0 Å². The Labute approximate surface area is 347 Å². The quantitative estimate of drug-likeness (QED) is 0.164. The Morgan fingerprint density at radius 2 is 0.800 bits per heavy atom. The lowest BCUT2D eigenvalue weighted by Gasteiger charge is -2.14. The van der Waals surface area contributed by atoms with E-state index in [0.717, 1.165) is 15.7 Å². The Hall–Kier alpha value is -7.43. The van der Waals surface area contributed by atoms with Crippen LogP contribution in [0.15, 0.2) is 206 Å². The molecule has 0 saturated carbocycles. The molecule has 0 saturated heterocycles. The summed E-state index contributed by atoms with van der Waals surface area (Å²) in [6, 6.07) is 7.97. The second kappa shape index (κ2) is 13.8. The summed E-state index contributed by atoms with van der Waals surface area (Å²) in [5.41, 5.74) is -2.82. The Morgan fingerprint density at radius 3 is 1.42 bits per heavy atom. The second-order valence-corrected chi connectivity index (χ2v) is 12.1. The minimum absolute atomic E-state index is 0.0727. The van der Waals surface area contributed by atoms with Crippen molar-refractivity contribution in [2.24, 2.45) is 0 Å². The summed E-state index contributed by atoms with van der Waals surface area (Å²) < 4.78 is 182. The zero-order valence-electron chi connectivity index (χ0n) is 48.4. The summed E-state index contributed by atoms with van der Waals surface area (Å²) in [4.78, 5) is 14.2. The normalized spacial score (nSPS) is 16.4. The lowest BCUT2D eigenvalue weighted by atomic mass is 9.98. The summed E-state index contributed by atoms with van der Waals surface area (Å²) in [6.07, 6.45) is 0. The Balaban J connectivity index is 1.40. The third-order valence-corrected chi connectivity index (χ3v) is 8.76. The van der Waals surface area contributed by atoms with Gasteiger partial charge >= 0.3 is 0 Å². The van der Waals surface area contributed by atoms with Crippen LogP contribution >= 0.6 is 0 Å². The summed E-state index contributed by atoms with van der Waals surface area (Å²) in [7, 11) is 0. The SMILES string of the molecule is [2H]c1c([2H])c([2H])c(-c2c([2H])c(-c3c([2H])c([2H])c([2H])c([2H])c3[2H])c([2H])c(-n3c4c([2H])c([2H])c([2H])c([2H])c4c4c([2H])c([2H])c(-c5nc(-c6ccccc6)nc(-c6ccc(-c7ccccc7)cc6)n5)c([2H])c43)c2[2H])c([2H])c1[2H]. The highest BCUT2D eigenvalue weighted by molar-refractivity contribution is 6.10. The van der Waals surface area contributed by atoms with Crippen LogP contribution < -0.4 is 0 Å². The van der Waals surface area contributed by atoms with E-state index in [4.69, 9.17) is 31.4 Å². The number of nitrogens with zero attached hydrogens (tertiary/aromatic N) is 4. The molecule has 10 rings (SSSR count). The molecule has 2 heterocycles. The van der Waals surface area contributed by atoms with Gasteiger partial charge in [-0.05, 0) is 63.6 Å². The molecule has 0 N–H and O–H groups in total. The van der Waals surface area contributed by atoms with Gasteiger partial charge in [0.15, 0.2) is 17.5 Å². The molecule has 0 amide bonds. The van der Waals surface area contributed by atoms with Crippen LogP contribution in [0.3, 0.4) is 0 Å². The van der Waals surface area contributed by atoms with Crippen molar-refractivity contribution in [3.8, 4) is 73.2 Å². The zero-order chi connectivity index (χ0) is 54.0. The van der Waals surface area contributed by atoms with E-state index in [1.54, 1.807) is 42.5 Å². The van der Waals surface area contributed by atoms with Gasteiger partial charge in [-0.15, -0.1) is 0 Å². The number of rotatable bonds is 7. The van der Waals surface area contributed by atoms with E-state index in [2.05, 4.69) is 0 Å². The van der Waals surface area contributed by atoms with Crippen LogP contribution in [0.4, 0.5) is 0 Å². The van der Waals surface area contributed by atoms with Gasteiger partial charge in [0.05, 0.1) is 38.4 Å². The zero-order valence-corrected chi connectivity index (χ0v) is 28.4. The summed E-state index contributed by atoms with van der Waals surface area (Å²) in [5.74, 6) is -0.178. The van der Waals surface area contributed by atoms with Crippen LogP contribution in [0, 0.1) is 0 Å². The molecule has 0 unspecified atom stereocenters. The fourth-order valence-electron chi connectivity index (χ4n) is 6.19. The van der Waals surface area contributed by atoms with Gasteiger partial charge in [-0.25, -0.2) is 15.0 Å². The first kappa shape index (κ1) is 17.6. The van der Waals surface area contributed by atoms with Crippen LogP contribution in [-0.2, 0) is 0 Å². The molecule has 0 aliphatic carbocycles. The summed E-state index contributed by atoms with van der Waals surface area (Å²) in [6.45, 7) is 0. The van der Waals surface area contributed by atoms with Gasteiger partial charge in [-0.3, -0.25) is 0 Å².